The Morgan fingerprint density at radius 3 is 2.39 bits per heavy atom. The molecule has 0 saturated carbocycles. The molecule has 5 nitrogen and oxygen atoms in total. The Bertz CT molecular complexity index is 1320. The monoisotopic (exact) mass is 464 g/mol. The molecule has 0 fully saturated rings. The van der Waals surface area contributed by atoms with Crippen LogP contribution in [0.3, 0.4) is 0 Å². The standard InChI is InChI=1S/C27H32N2O3S/c1-15(2)12-29(13-16(3)4)14-19-11-20-25(31)23(18(6)32-26(20)17(5)24(19)30)27-28-21-9-7-8-10-22(21)33-27/h7-11,15-16,30H,12-14H2,1-6H3. The van der Waals surface area contributed by atoms with E-state index in [2.05, 4.69) is 37.6 Å². The molecule has 33 heavy (non-hydrogen) atoms. The van der Waals surface area contributed by atoms with Crippen molar-refractivity contribution < 1.29 is 9.52 Å². The van der Waals surface area contributed by atoms with Gasteiger partial charge in [0.25, 0.3) is 0 Å². The van der Waals surface area contributed by atoms with Crippen LogP contribution in [0.25, 0.3) is 31.8 Å². The van der Waals surface area contributed by atoms with Crippen LogP contribution in [0.5, 0.6) is 5.75 Å². The summed E-state index contributed by atoms with van der Waals surface area (Å²) in [6.07, 6.45) is 0. The summed E-state index contributed by atoms with van der Waals surface area (Å²) in [5.74, 6) is 1.73. The summed E-state index contributed by atoms with van der Waals surface area (Å²) >= 11 is 1.49. The molecule has 2 aromatic carbocycles. The lowest BCUT2D eigenvalue weighted by molar-refractivity contribution is 0.209. The second-order valence-corrected chi connectivity index (χ2v) is 10.7. The molecule has 1 N–H and O–H groups in total. The average Bonchev–Trinajstić information content (AvgIpc) is 3.15. The van der Waals surface area contributed by atoms with Crippen molar-refractivity contribution in [1.82, 2.24) is 9.88 Å². The molecule has 0 saturated heterocycles. The van der Waals surface area contributed by atoms with Crippen LogP contribution in [-0.2, 0) is 6.54 Å². The van der Waals surface area contributed by atoms with Gasteiger partial charge in [-0.25, -0.2) is 4.98 Å². The van der Waals surface area contributed by atoms with Crippen LogP contribution in [0, 0.1) is 25.7 Å². The van der Waals surface area contributed by atoms with Gasteiger partial charge in [0.1, 0.15) is 22.1 Å². The van der Waals surface area contributed by atoms with Crippen molar-refractivity contribution in [2.24, 2.45) is 11.8 Å². The van der Waals surface area contributed by atoms with Gasteiger partial charge in [0.2, 0.25) is 5.43 Å². The largest absolute Gasteiger partial charge is 0.507 e. The molecule has 0 atom stereocenters. The summed E-state index contributed by atoms with van der Waals surface area (Å²) in [5.41, 5.74) is 3.08. The molecule has 0 aliphatic rings. The van der Waals surface area contributed by atoms with Gasteiger partial charge in [0.15, 0.2) is 0 Å². The Morgan fingerprint density at radius 2 is 1.76 bits per heavy atom. The predicted octanol–water partition coefficient (Wildman–Crippen LogP) is 6.51. The van der Waals surface area contributed by atoms with Crippen LogP contribution in [-0.4, -0.2) is 28.1 Å². The topological polar surface area (TPSA) is 66.6 Å². The summed E-state index contributed by atoms with van der Waals surface area (Å²) < 4.78 is 7.15. The van der Waals surface area contributed by atoms with E-state index < -0.39 is 0 Å². The normalized spacial score (nSPS) is 12.2. The fourth-order valence-electron chi connectivity index (χ4n) is 4.48. The lowest BCUT2D eigenvalue weighted by Gasteiger charge is -2.27. The van der Waals surface area contributed by atoms with Crippen LogP contribution in [0.2, 0.25) is 0 Å². The zero-order chi connectivity index (χ0) is 23.9. The number of phenols is 1. The maximum atomic E-state index is 13.7. The highest BCUT2D eigenvalue weighted by atomic mass is 32.1. The summed E-state index contributed by atoms with van der Waals surface area (Å²) in [7, 11) is 0. The van der Waals surface area contributed by atoms with E-state index in [0.29, 0.717) is 51.2 Å². The van der Waals surface area contributed by atoms with Gasteiger partial charge in [0.05, 0.1) is 21.2 Å². The molecular weight excluding hydrogens is 432 g/mol. The van der Waals surface area contributed by atoms with E-state index >= 15 is 0 Å². The van der Waals surface area contributed by atoms with Crippen molar-refractivity contribution in [2.75, 3.05) is 13.1 Å². The Kier molecular flexibility index (Phi) is 6.59. The fourth-order valence-corrected chi connectivity index (χ4v) is 5.54. The third-order valence-corrected chi connectivity index (χ3v) is 6.84. The zero-order valence-corrected chi connectivity index (χ0v) is 21.0. The molecule has 0 amide bonds. The number of aromatic nitrogens is 1. The summed E-state index contributed by atoms with van der Waals surface area (Å²) in [5, 5.41) is 12.1. The number of thiazole rings is 1. The second kappa shape index (κ2) is 9.27. The van der Waals surface area contributed by atoms with E-state index in [4.69, 9.17) is 4.42 Å². The molecular formula is C27H32N2O3S. The number of benzene rings is 2. The number of nitrogens with zero attached hydrogens (tertiary/aromatic N) is 2. The maximum absolute atomic E-state index is 13.7. The third-order valence-electron chi connectivity index (χ3n) is 5.79. The minimum Gasteiger partial charge on any atom is -0.507 e. The number of rotatable bonds is 7. The Balaban J connectivity index is 1.86. The molecule has 2 aromatic heterocycles. The first-order chi connectivity index (χ1) is 15.7. The Morgan fingerprint density at radius 1 is 1.09 bits per heavy atom. The Labute approximate surface area is 198 Å². The second-order valence-electron chi connectivity index (χ2n) is 9.72. The van der Waals surface area contributed by atoms with Crippen LogP contribution >= 0.6 is 11.3 Å². The third kappa shape index (κ3) is 4.68. The van der Waals surface area contributed by atoms with Crippen molar-refractivity contribution in [3.8, 4) is 16.3 Å². The summed E-state index contributed by atoms with van der Waals surface area (Å²) in [6.45, 7) is 14.8. The van der Waals surface area contributed by atoms with E-state index in [1.165, 1.54) is 11.3 Å². The van der Waals surface area contributed by atoms with Crippen LogP contribution in [0.4, 0.5) is 0 Å². The minimum absolute atomic E-state index is 0.101. The smallest absolute Gasteiger partial charge is 0.203 e. The number of aromatic hydroxyl groups is 1. The van der Waals surface area contributed by atoms with Crippen molar-refractivity contribution in [3.05, 3.63) is 57.4 Å². The maximum Gasteiger partial charge on any atom is 0.203 e. The first-order valence-corrected chi connectivity index (χ1v) is 12.3. The molecule has 0 aliphatic carbocycles. The van der Waals surface area contributed by atoms with Gasteiger partial charge in [0, 0.05) is 30.8 Å². The lowest BCUT2D eigenvalue weighted by atomic mass is 10.0. The molecule has 4 aromatic rings. The summed E-state index contributed by atoms with van der Waals surface area (Å²) in [6, 6.07) is 9.68. The SMILES string of the molecule is Cc1oc2c(C)c(O)c(CN(CC(C)C)CC(C)C)cc2c(=O)c1-c1nc2ccccc2s1. The molecule has 174 valence electrons. The molecule has 2 heterocycles. The highest BCUT2D eigenvalue weighted by Crippen LogP contribution is 2.35. The van der Waals surface area contributed by atoms with E-state index in [1.807, 2.05) is 37.3 Å². The van der Waals surface area contributed by atoms with E-state index in [0.717, 1.165) is 28.9 Å². The summed E-state index contributed by atoms with van der Waals surface area (Å²) in [4.78, 5) is 20.7. The predicted molar refractivity (Wildman–Crippen MR) is 137 cm³/mol. The minimum atomic E-state index is -0.101. The first-order valence-electron chi connectivity index (χ1n) is 11.5. The number of para-hydroxylation sites is 1. The molecule has 0 radical (unpaired) electrons. The highest BCUT2D eigenvalue weighted by molar-refractivity contribution is 7.21. The van der Waals surface area contributed by atoms with Crippen molar-refractivity contribution in [2.45, 2.75) is 48.1 Å². The van der Waals surface area contributed by atoms with Crippen LogP contribution < -0.4 is 5.43 Å². The number of hydrogen-bond acceptors (Lipinski definition) is 6. The van der Waals surface area contributed by atoms with E-state index in [1.54, 1.807) is 6.92 Å². The molecule has 0 aliphatic heterocycles. The zero-order valence-electron chi connectivity index (χ0n) is 20.2. The molecule has 4 rings (SSSR count). The van der Waals surface area contributed by atoms with Crippen molar-refractivity contribution in [1.29, 1.82) is 0 Å². The van der Waals surface area contributed by atoms with Gasteiger partial charge in [-0.2, -0.15) is 0 Å². The van der Waals surface area contributed by atoms with Crippen molar-refractivity contribution >= 4 is 32.5 Å². The van der Waals surface area contributed by atoms with E-state index in [9.17, 15) is 9.90 Å². The highest BCUT2D eigenvalue weighted by Gasteiger charge is 2.22. The number of aryl methyl sites for hydroxylation is 2. The van der Waals surface area contributed by atoms with Gasteiger partial charge < -0.3 is 9.52 Å². The van der Waals surface area contributed by atoms with Crippen LogP contribution in [0.15, 0.2) is 39.5 Å². The average molecular weight is 465 g/mol. The van der Waals surface area contributed by atoms with Crippen LogP contribution in [0.1, 0.15) is 44.6 Å². The van der Waals surface area contributed by atoms with E-state index in [-0.39, 0.29) is 11.2 Å². The number of phenolic OH excluding ortho intramolecular Hbond substituents is 1. The van der Waals surface area contributed by atoms with Gasteiger partial charge in [-0.15, -0.1) is 11.3 Å². The molecule has 0 spiro atoms. The quantitative estimate of drug-likeness (QED) is 0.338. The van der Waals surface area contributed by atoms with Gasteiger partial charge >= 0.3 is 0 Å². The fraction of sp³-hybridized carbons (Fsp3) is 0.407. The van der Waals surface area contributed by atoms with Gasteiger partial charge in [-0.1, -0.05) is 39.8 Å². The number of hydrogen-bond donors (Lipinski definition) is 1. The molecule has 6 heteroatoms. The Hall–Kier alpha value is -2.70. The van der Waals surface area contributed by atoms with Crippen molar-refractivity contribution in [3.63, 3.8) is 0 Å². The van der Waals surface area contributed by atoms with Gasteiger partial charge in [-0.3, -0.25) is 9.69 Å². The molecule has 0 bridgehead atoms. The molecule has 0 unspecified atom stereocenters. The lowest BCUT2D eigenvalue weighted by Crippen LogP contribution is -2.31. The number of fused-ring (bicyclic) bond motifs is 2. The first kappa shape index (κ1) is 23.5. The van der Waals surface area contributed by atoms with Gasteiger partial charge in [-0.05, 0) is 43.9 Å².